The van der Waals surface area contributed by atoms with E-state index >= 15 is 0 Å². The van der Waals surface area contributed by atoms with Crippen molar-refractivity contribution in [3.63, 3.8) is 0 Å². The maximum atomic E-state index is 13.5. The lowest BCUT2D eigenvalue weighted by molar-refractivity contribution is 0.123. The zero-order chi connectivity index (χ0) is 21.3. The first-order valence-corrected chi connectivity index (χ1v) is 10.6. The quantitative estimate of drug-likeness (QED) is 0.721. The average Bonchev–Trinajstić information content (AvgIpc) is 2.74. The third-order valence-electron chi connectivity index (χ3n) is 5.53. The largest absolute Gasteiger partial charge is 0.322 e. The van der Waals surface area contributed by atoms with Crippen LogP contribution in [-0.2, 0) is 6.42 Å². The zero-order valence-electron chi connectivity index (χ0n) is 17.9. The first kappa shape index (κ1) is 22.2. The maximum Gasteiger partial charge on any atom is 0.322 e. The summed E-state index contributed by atoms with van der Waals surface area (Å²) in [4.78, 5) is 23.8. The molecule has 1 saturated heterocycles. The van der Waals surface area contributed by atoms with Crippen LogP contribution in [-0.4, -0.2) is 78.6 Å². The van der Waals surface area contributed by atoms with Crippen molar-refractivity contribution in [3.8, 4) is 0 Å². The van der Waals surface area contributed by atoms with E-state index in [0.29, 0.717) is 12.2 Å². The molecule has 1 fully saturated rings. The summed E-state index contributed by atoms with van der Waals surface area (Å²) in [6.07, 6.45) is 4.65. The molecule has 0 radical (unpaired) electrons. The van der Waals surface area contributed by atoms with Crippen LogP contribution < -0.4 is 5.32 Å². The highest BCUT2D eigenvalue weighted by Gasteiger charge is 2.28. The minimum absolute atomic E-state index is 0.158. The van der Waals surface area contributed by atoms with Gasteiger partial charge < -0.3 is 20.0 Å². The van der Waals surface area contributed by atoms with Crippen LogP contribution in [0.3, 0.4) is 0 Å². The van der Waals surface area contributed by atoms with Crippen LogP contribution >= 0.6 is 0 Å². The van der Waals surface area contributed by atoms with Crippen LogP contribution in [0.4, 0.5) is 14.9 Å². The molecule has 1 aliphatic heterocycles. The number of carbonyl (C=O) groups excluding carboxylic acids is 1. The number of halogens is 1. The van der Waals surface area contributed by atoms with Crippen LogP contribution in [0.15, 0.2) is 48.7 Å². The number of likely N-dealkylation sites (N-methyl/N-ethyl adjacent to an activating group) is 1. The number of rotatable bonds is 8. The molecule has 2 aromatic rings. The lowest BCUT2D eigenvalue weighted by Crippen LogP contribution is -2.50. The first-order valence-electron chi connectivity index (χ1n) is 10.6. The minimum atomic E-state index is -0.353. The molecule has 3 rings (SSSR count). The predicted molar refractivity (Wildman–Crippen MR) is 118 cm³/mol. The van der Waals surface area contributed by atoms with E-state index in [1.165, 1.54) is 12.1 Å². The molecule has 7 heteroatoms. The Balaban J connectivity index is 1.55. The molecule has 6 nitrogen and oxygen atoms in total. The third kappa shape index (κ3) is 6.78. The zero-order valence-corrected chi connectivity index (χ0v) is 17.9. The van der Waals surface area contributed by atoms with Crippen LogP contribution in [0.1, 0.15) is 18.5 Å². The van der Waals surface area contributed by atoms with Gasteiger partial charge in [-0.15, -0.1) is 0 Å². The average molecular weight is 414 g/mol. The van der Waals surface area contributed by atoms with E-state index in [9.17, 15) is 9.18 Å². The van der Waals surface area contributed by atoms with E-state index < -0.39 is 0 Å². The monoisotopic (exact) mass is 413 g/mol. The lowest BCUT2D eigenvalue weighted by atomic mass is 10.0. The van der Waals surface area contributed by atoms with Gasteiger partial charge in [0.15, 0.2) is 0 Å². The second-order valence-corrected chi connectivity index (χ2v) is 8.08. The molecule has 0 bridgehead atoms. The predicted octanol–water partition coefficient (Wildman–Crippen LogP) is 3.32. The van der Waals surface area contributed by atoms with Gasteiger partial charge in [-0.25, -0.2) is 9.18 Å². The number of piperidine rings is 1. The summed E-state index contributed by atoms with van der Waals surface area (Å²) in [5, 5.41) is 2.87. The number of urea groups is 1. The Kier molecular flexibility index (Phi) is 8.16. The SMILES string of the molecule is CN(C)CCN(C(=O)Nc1cccc(F)c1)C1CCN(CCc2ccccn2)CC1. The summed E-state index contributed by atoms with van der Waals surface area (Å²) < 4.78 is 13.5. The van der Waals surface area contributed by atoms with Crippen molar-refractivity contribution in [1.29, 1.82) is 0 Å². The Morgan fingerprint density at radius 3 is 2.63 bits per heavy atom. The van der Waals surface area contributed by atoms with E-state index in [1.807, 2.05) is 37.3 Å². The van der Waals surface area contributed by atoms with Crippen molar-refractivity contribution in [2.24, 2.45) is 0 Å². The van der Waals surface area contributed by atoms with Crippen molar-refractivity contribution < 1.29 is 9.18 Å². The molecular weight excluding hydrogens is 381 g/mol. The molecule has 1 aromatic heterocycles. The number of likely N-dealkylation sites (tertiary alicyclic amines) is 1. The summed E-state index contributed by atoms with van der Waals surface area (Å²) in [6, 6.07) is 12.1. The standard InChI is InChI=1S/C23H32FN5O/c1-27(2)16-17-29(23(30)26-21-8-5-6-19(24)18-21)22-10-14-28(15-11-22)13-9-20-7-3-4-12-25-20/h3-8,12,18,22H,9-11,13-17H2,1-2H3,(H,26,30). The van der Waals surface area contributed by atoms with Gasteiger partial charge in [-0.2, -0.15) is 0 Å². The van der Waals surface area contributed by atoms with Crippen molar-refractivity contribution in [3.05, 3.63) is 60.2 Å². The highest BCUT2D eigenvalue weighted by Crippen LogP contribution is 2.19. The Morgan fingerprint density at radius 1 is 1.17 bits per heavy atom. The van der Waals surface area contributed by atoms with Crippen molar-refractivity contribution in [1.82, 2.24) is 19.7 Å². The Bertz CT molecular complexity index is 793. The number of nitrogens with zero attached hydrogens (tertiary/aromatic N) is 4. The minimum Gasteiger partial charge on any atom is -0.320 e. The van der Waals surface area contributed by atoms with Gasteiger partial charge in [0.25, 0.3) is 0 Å². The normalized spacial score (nSPS) is 15.3. The van der Waals surface area contributed by atoms with E-state index in [1.54, 1.807) is 12.1 Å². The number of hydrogen-bond donors (Lipinski definition) is 1. The number of anilines is 1. The number of carbonyl (C=O) groups is 1. The topological polar surface area (TPSA) is 51.7 Å². The number of aromatic nitrogens is 1. The Morgan fingerprint density at radius 2 is 1.97 bits per heavy atom. The highest BCUT2D eigenvalue weighted by molar-refractivity contribution is 5.89. The lowest BCUT2D eigenvalue weighted by Gasteiger charge is -2.39. The van der Waals surface area contributed by atoms with Crippen molar-refractivity contribution in [2.75, 3.05) is 52.1 Å². The second kappa shape index (κ2) is 11.0. The van der Waals surface area contributed by atoms with Gasteiger partial charge in [-0.05, 0) is 57.3 Å². The van der Waals surface area contributed by atoms with Crippen LogP contribution in [0.25, 0.3) is 0 Å². The number of benzene rings is 1. The number of amides is 2. The van der Waals surface area contributed by atoms with Gasteiger partial charge in [0.1, 0.15) is 5.82 Å². The fourth-order valence-electron chi connectivity index (χ4n) is 3.79. The number of pyridine rings is 1. The summed E-state index contributed by atoms with van der Waals surface area (Å²) in [7, 11) is 4.01. The number of nitrogens with one attached hydrogen (secondary N) is 1. The smallest absolute Gasteiger partial charge is 0.320 e. The molecule has 2 amide bonds. The van der Waals surface area contributed by atoms with E-state index in [0.717, 1.165) is 51.1 Å². The van der Waals surface area contributed by atoms with E-state index in [4.69, 9.17) is 0 Å². The fraction of sp³-hybridized carbons (Fsp3) is 0.478. The van der Waals surface area contributed by atoms with Gasteiger partial charge in [-0.1, -0.05) is 12.1 Å². The molecular formula is C23H32FN5O. The third-order valence-corrected chi connectivity index (χ3v) is 5.53. The van der Waals surface area contributed by atoms with E-state index in [-0.39, 0.29) is 17.9 Å². The van der Waals surface area contributed by atoms with Crippen LogP contribution in [0.2, 0.25) is 0 Å². The van der Waals surface area contributed by atoms with Gasteiger partial charge in [-0.3, -0.25) is 4.98 Å². The molecule has 162 valence electrons. The molecule has 0 aliphatic carbocycles. The van der Waals surface area contributed by atoms with Crippen molar-refractivity contribution in [2.45, 2.75) is 25.3 Å². The van der Waals surface area contributed by atoms with Gasteiger partial charge in [0.2, 0.25) is 0 Å². The van der Waals surface area contributed by atoms with Gasteiger partial charge in [0.05, 0.1) is 0 Å². The molecule has 0 unspecified atom stereocenters. The molecule has 0 atom stereocenters. The molecule has 1 aromatic carbocycles. The number of hydrogen-bond acceptors (Lipinski definition) is 4. The van der Waals surface area contributed by atoms with Gasteiger partial charge >= 0.3 is 6.03 Å². The van der Waals surface area contributed by atoms with Crippen LogP contribution in [0.5, 0.6) is 0 Å². The Hall–Kier alpha value is -2.51. The highest BCUT2D eigenvalue weighted by atomic mass is 19.1. The summed E-state index contributed by atoms with van der Waals surface area (Å²) >= 11 is 0. The summed E-state index contributed by atoms with van der Waals surface area (Å²) in [6.45, 7) is 4.34. The van der Waals surface area contributed by atoms with Crippen LogP contribution in [0, 0.1) is 5.82 Å². The molecule has 0 spiro atoms. The first-order chi connectivity index (χ1) is 14.5. The summed E-state index contributed by atoms with van der Waals surface area (Å²) in [5.41, 5.74) is 1.60. The van der Waals surface area contributed by atoms with Crippen molar-refractivity contribution >= 4 is 11.7 Å². The molecule has 1 aliphatic rings. The maximum absolute atomic E-state index is 13.5. The summed E-state index contributed by atoms with van der Waals surface area (Å²) in [5.74, 6) is -0.353. The van der Waals surface area contributed by atoms with Gasteiger partial charge in [0, 0.05) is 62.8 Å². The Labute approximate surface area is 178 Å². The fourth-order valence-corrected chi connectivity index (χ4v) is 3.79. The van der Waals surface area contributed by atoms with E-state index in [2.05, 4.69) is 26.2 Å². The molecule has 0 saturated carbocycles. The molecule has 2 heterocycles. The molecule has 1 N–H and O–H groups in total. The molecule has 30 heavy (non-hydrogen) atoms. The second-order valence-electron chi connectivity index (χ2n) is 8.08.